The van der Waals surface area contributed by atoms with Crippen molar-refractivity contribution in [2.75, 3.05) is 20.1 Å². The standard InChI is InChI=1S/C21H38N8O7/c1-11(2)17(20(36)24-4)29-19(35)14(7-8-16(32)33)28-15(31)10-26-18(34)13(27-12(3)30)6-5-9-25-21(22)23/h11,13-14,17H,5-10H2,1-4H3,(H,24,36)(H,26,34)(H,27,30)(H,28,31)(H,29,35)(H,32,33)(H4,22,23,25)/t13-,14-,17-/m0/s1. The van der Waals surface area contributed by atoms with Crippen LogP contribution in [0.5, 0.6) is 0 Å². The molecule has 0 saturated carbocycles. The fourth-order valence-corrected chi connectivity index (χ4v) is 3.03. The molecule has 0 aliphatic carbocycles. The Morgan fingerprint density at radius 3 is 2.00 bits per heavy atom. The zero-order valence-electron chi connectivity index (χ0n) is 21.1. The van der Waals surface area contributed by atoms with Gasteiger partial charge in [0.1, 0.15) is 18.1 Å². The number of carboxylic acids is 1. The van der Waals surface area contributed by atoms with E-state index < -0.39 is 66.6 Å². The Hall–Kier alpha value is -3.91. The summed E-state index contributed by atoms with van der Waals surface area (Å²) in [6.45, 7) is 4.35. The van der Waals surface area contributed by atoms with Crippen LogP contribution < -0.4 is 38.1 Å². The Labute approximate surface area is 209 Å². The van der Waals surface area contributed by atoms with Crippen molar-refractivity contribution in [3.8, 4) is 0 Å². The van der Waals surface area contributed by atoms with Crippen LogP contribution >= 0.6 is 0 Å². The quantitative estimate of drug-likeness (QED) is 0.0589. The summed E-state index contributed by atoms with van der Waals surface area (Å²) < 4.78 is 0. The van der Waals surface area contributed by atoms with Gasteiger partial charge in [-0.25, -0.2) is 0 Å². The highest BCUT2D eigenvalue weighted by molar-refractivity contribution is 5.94. The van der Waals surface area contributed by atoms with Crippen molar-refractivity contribution in [3.05, 3.63) is 0 Å². The number of carbonyl (C=O) groups excluding carboxylic acids is 5. The lowest BCUT2D eigenvalue weighted by molar-refractivity contribution is -0.138. The number of hydrogen-bond donors (Lipinski definition) is 8. The molecular formula is C21H38N8O7. The van der Waals surface area contributed by atoms with Crippen molar-refractivity contribution in [1.29, 1.82) is 0 Å². The number of aliphatic carboxylic acids is 1. The minimum absolute atomic E-state index is 0.108. The van der Waals surface area contributed by atoms with Gasteiger partial charge in [0.15, 0.2) is 5.96 Å². The molecule has 3 atom stereocenters. The maximum absolute atomic E-state index is 12.7. The average Bonchev–Trinajstić information content (AvgIpc) is 2.78. The van der Waals surface area contributed by atoms with Crippen LogP contribution in [0.15, 0.2) is 4.99 Å². The van der Waals surface area contributed by atoms with Gasteiger partial charge in [0.05, 0.1) is 6.54 Å². The molecule has 0 saturated heterocycles. The van der Waals surface area contributed by atoms with Crippen LogP contribution in [-0.2, 0) is 28.8 Å². The molecule has 0 spiro atoms. The van der Waals surface area contributed by atoms with Crippen LogP contribution in [0.2, 0.25) is 0 Å². The van der Waals surface area contributed by atoms with E-state index in [1.807, 2.05) is 0 Å². The van der Waals surface area contributed by atoms with Crippen molar-refractivity contribution in [3.63, 3.8) is 0 Å². The summed E-state index contributed by atoms with van der Waals surface area (Å²) in [5.74, 6) is -4.62. The fourth-order valence-electron chi connectivity index (χ4n) is 3.03. The number of nitrogens with one attached hydrogen (secondary N) is 5. The normalized spacial score (nSPS) is 12.9. The smallest absolute Gasteiger partial charge is 0.303 e. The first-order chi connectivity index (χ1) is 16.8. The second kappa shape index (κ2) is 16.7. The highest BCUT2D eigenvalue weighted by Crippen LogP contribution is 2.05. The molecule has 0 heterocycles. The maximum atomic E-state index is 12.7. The van der Waals surface area contributed by atoms with E-state index in [0.717, 1.165) is 0 Å². The first kappa shape index (κ1) is 32.1. The van der Waals surface area contributed by atoms with Gasteiger partial charge >= 0.3 is 5.97 Å². The van der Waals surface area contributed by atoms with Gasteiger partial charge in [-0.1, -0.05) is 13.8 Å². The predicted molar refractivity (Wildman–Crippen MR) is 130 cm³/mol. The number of aliphatic imine (C=N–C) groups is 1. The number of hydrogen-bond acceptors (Lipinski definition) is 7. The molecule has 36 heavy (non-hydrogen) atoms. The van der Waals surface area contributed by atoms with E-state index in [1.54, 1.807) is 13.8 Å². The van der Waals surface area contributed by atoms with Gasteiger partial charge in [0.2, 0.25) is 29.5 Å². The highest BCUT2D eigenvalue weighted by Gasteiger charge is 2.29. The largest absolute Gasteiger partial charge is 0.481 e. The van der Waals surface area contributed by atoms with Crippen molar-refractivity contribution < 1.29 is 33.9 Å². The molecule has 0 fully saturated rings. The molecule has 0 bridgehead atoms. The van der Waals surface area contributed by atoms with Gasteiger partial charge in [0.25, 0.3) is 0 Å². The highest BCUT2D eigenvalue weighted by atomic mass is 16.4. The first-order valence-corrected chi connectivity index (χ1v) is 11.4. The monoisotopic (exact) mass is 514 g/mol. The van der Waals surface area contributed by atoms with E-state index in [4.69, 9.17) is 16.6 Å². The number of carbonyl (C=O) groups is 6. The van der Waals surface area contributed by atoms with Gasteiger partial charge < -0.3 is 43.2 Å². The molecule has 0 rings (SSSR count). The molecule has 15 heteroatoms. The van der Waals surface area contributed by atoms with Crippen LogP contribution in [0.4, 0.5) is 0 Å². The van der Waals surface area contributed by atoms with E-state index in [0.29, 0.717) is 6.42 Å². The lowest BCUT2D eigenvalue weighted by Crippen LogP contribution is -2.56. The summed E-state index contributed by atoms with van der Waals surface area (Å²) >= 11 is 0. The number of guanidine groups is 1. The predicted octanol–water partition coefficient (Wildman–Crippen LogP) is -3.10. The second-order valence-electron chi connectivity index (χ2n) is 8.32. The van der Waals surface area contributed by atoms with Gasteiger partial charge in [-0.2, -0.15) is 0 Å². The third kappa shape index (κ3) is 13.7. The van der Waals surface area contributed by atoms with Crippen LogP contribution in [0.1, 0.15) is 46.5 Å². The van der Waals surface area contributed by atoms with Gasteiger partial charge in [-0.3, -0.25) is 33.8 Å². The Bertz CT molecular complexity index is 827. The minimum atomic E-state index is -1.26. The number of likely N-dealkylation sites (N-methyl/N-ethyl adjacent to an activating group) is 1. The van der Waals surface area contributed by atoms with Gasteiger partial charge in [0, 0.05) is 26.9 Å². The SMILES string of the molecule is CNC(=O)[C@@H](NC(=O)[C@H](CCC(=O)O)NC(=O)CNC(=O)[C@H](CCCN=C(N)N)NC(C)=O)C(C)C. The summed E-state index contributed by atoms with van der Waals surface area (Å²) in [4.78, 5) is 75.9. The summed E-state index contributed by atoms with van der Waals surface area (Å²) in [6, 6.07) is -3.11. The number of amides is 5. The molecule has 0 aromatic carbocycles. The van der Waals surface area contributed by atoms with Gasteiger partial charge in [-0.15, -0.1) is 0 Å². The van der Waals surface area contributed by atoms with E-state index >= 15 is 0 Å². The third-order valence-electron chi connectivity index (χ3n) is 4.85. The molecule has 0 radical (unpaired) electrons. The number of rotatable bonds is 16. The first-order valence-electron chi connectivity index (χ1n) is 11.4. The Kier molecular flexibility index (Phi) is 14.9. The van der Waals surface area contributed by atoms with E-state index in [-0.39, 0.29) is 31.3 Å². The van der Waals surface area contributed by atoms with Crippen LogP contribution in [0.3, 0.4) is 0 Å². The Balaban J connectivity index is 5.16. The summed E-state index contributed by atoms with van der Waals surface area (Å²) in [6.07, 6.45) is -0.0814. The summed E-state index contributed by atoms with van der Waals surface area (Å²) in [5.41, 5.74) is 10.5. The third-order valence-corrected chi connectivity index (χ3v) is 4.85. The summed E-state index contributed by atoms with van der Waals surface area (Å²) in [5, 5.41) is 21.1. The Morgan fingerprint density at radius 2 is 1.50 bits per heavy atom. The van der Waals surface area contributed by atoms with Crippen LogP contribution in [-0.4, -0.2) is 84.8 Å². The zero-order valence-corrected chi connectivity index (χ0v) is 21.1. The molecule has 0 aliphatic heterocycles. The molecule has 0 unspecified atom stereocenters. The van der Waals surface area contributed by atoms with Gasteiger partial charge in [-0.05, 0) is 25.2 Å². The van der Waals surface area contributed by atoms with Crippen LogP contribution in [0.25, 0.3) is 0 Å². The number of nitrogens with zero attached hydrogens (tertiary/aromatic N) is 1. The van der Waals surface area contributed by atoms with E-state index in [9.17, 15) is 28.8 Å². The molecule has 0 aromatic heterocycles. The van der Waals surface area contributed by atoms with Crippen molar-refractivity contribution in [1.82, 2.24) is 26.6 Å². The molecule has 0 aliphatic rings. The van der Waals surface area contributed by atoms with Crippen molar-refractivity contribution in [2.45, 2.75) is 64.6 Å². The van der Waals surface area contributed by atoms with E-state index in [2.05, 4.69) is 31.6 Å². The molecular weight excluding hydrogens is 476 g/mol. The molecule has 0 aromatic rings. The number of nitrogens with two attached hydrogens (primary N) is 2. The van der Waals surface area contributed by atoms with Crippen LogP contribution in [0, 0.1) is 5.92 Å². The molecule has 15 nitrogen and oxygen atoms in total. The average molecular weight is 515 g/mol. The fraction of sp³-hybridized carbons (Fsp3) is 0.667. The Morgan fingerprint density at radius 1 is 0.889 bits per heavy atom. The molecule has 10 N–H and O–H groups in total. The lowest BCUT2D eigenvalue weighted by Gasteiger charge is -2.24. The second-order valence-corrected chi connectivity index (χ2v) is 8.32. The number of carboxylic acid groups (broad SMARTS) is 1. The molecule has 5 amide bonds. The lowest BCUT2D eigenvalue weighted by atomic mass is 10.0. The van der Waals surface area contributed by atoms with E-state index in [1.165, 1.54) is 14.0 Å². The topological polar surface area (TPSA) is 247 Å². The zero-order chi connectivity index (χ0) is 27.8. The minimum Gasteiger partial charge on any atom is -0.481 e. The molecule has 204 valence electrons. The van der Waals surface area contributed by atoms with Crippen molar-refractivity contribution >= 4 is 41.5 Å². The van der Waals surface area contributed by atoms with Crippen molar-refractivity contribution in [2.24, 2.45) is 22.4 Å². The summed E-state index contributed by atoms with van der Waals surface area (Å²) in [7, 11) is 1.41. The maximum Gasteiger partial charge on any atom is 0.303 e.